The topological polar surface area (TPSA) is 74.6 Å². The number of carboxylic acid groups (broad SMARTS) is 2. The summed E-state index contributed by atoms with van der Waals surface area (Å²) in [6.45, 7) is 7.02. The molecule has 130 valence electrons. The van der Waals surface area contributed by atoms with E-state index < -0.39 is 30.3 Å². The largest absolute Gasteiger partial charge is 0.478 e. The first-order valence-corrected chi connectivity index (χ1v) is 17.4. The second-order valence-corrected chi connectivity index (χ2v) is 20.7. The summed E-state index contributed by atoms with van der Waals surface area (Å²) in [6, 6.07) is 0. The number of hydrogen-bond acceptors (Lipinski definition) is 2. The van der Waals surface area contributed by atoms with Crippen LogP contribution in [0.15, 0.2) is 12.2 Å². The van der Waals surface area contributed by atoms with Crippen molar-refractivity contribution in [2.75, 3.05) is 0 Å². The van der Waals surface area contributed by atoms with Crippen molar-refractivity contribution in [1.82, 2.24) is 0 Å². The minimum atomic E-state index is -1.56. The van der Waals surface area contributed by atoms with Crippen LogP contribution in [0.25, 0.3) is 0 Å². The summed E-state index contributed by atoms with van der Waals surface area (Å²) in [5.74, 6) is -2.51. The Morgan fingerprint density at radius 1 is 0.773 bits per heavy atom. The van der Waals surface area contributed by atoms with Crippen molar-refractivity contribution in [1.29, 1.82) is 0 Å². The molecule has 0 aliphatic heterocycles. The van der Waals surface area contributed by atoms with Gasteiger partial charge in [0.15, 0.2) is 0 Å². The fourth-order valence-electron chi connectivity index (χ4n) is 2.33. The second kappa shape index (κ2) is 15.4. The third-order valence-electron chi connectivity index (χ3n) is 3.77. The van der Waals surface area contributed by atoms with Crippen LogP contribution in [0.5, 0.6) is 0 Å². The Kier molecular flexibility index (Phi) is 16.6. The molecule has 0 heterocycles. The molecule has 4 nitrogen and oxygen atoms in total. The SMILES string of the molecule is CCC[CH2][Sn]([CH3])([CH2]CCC)[CH2]CCC.O=C(O)/C=C\C(=O)O. The van der Waals surface area contributed by atoms with Gasteiger partial charge in [0.2, 0.25) is 0 Å². The first-order chi connectivity index (χ1) is 10.3. The molecule has 22 heavy (non-hydrogen) atoms. The second-order valence-electron chi connectivity index (χ2n) is 6.13. The van der Waals surface area contributed by atoms with Crippen LogP contribution in [0.3, 0.4) is 0 Å². The minimum Gasteiger partial charge on any atom is -0.478 e. The Balaban J connectivity index is 0. The first kappa shape index (κ1) is 23.7. The maximum Gasteiger partial charge on any atom is 0.328 e. The Morgan fingerprint density at radius 2 is 1.05 bits per heavy atom. The quantitative estimate of drug-likeness (QED) is 0.356. The molecular weight excluding hydrogens is 387 g/mol. The van der Waals surface area contributed by atoms with Crippen molar-refractivity contribution in [2.45, 2.75) is 77.5 Å². The van der Waals surface area contributed by atoms with Crippen molar-refractivity contribution < 1.29 is 19.8 Å². The molecule has 2 N–H and O–H groups in total. The van der Waals surface area contributed by atoms with Gasteiger partial charge in [-0.1, -0.05) is 0 Å². The molecule has 0 saturated heterocycles. The van der Waals surface area contributed by atoms with Crippen LogP contribution in [-0.2, 0) is 9.59 Å². The van der Waals surface area contributed by atoms with Gasteiger partial charge in [-0.3, -0.25) is 0 Å². The third-order valence-corrected chi connectivity index (χ3v) is 17.1. The van der Waals surface area contributed by atoms with E-state index in [1.54, 1.807) is 13.3 Å². The Bertz CT molecular complexity index is 289. The molecule has 0 rings (SSSR count). The van der Waals surface area contributed by atoms with Gasteiger partial charge in [0, 0.05) is 12.2 Å². The van der Waals surface area contributed by atoms with Crippen molar-refractivity contribution in [3.63, 3.8) is 0 Å². The number of unbranched alkanes of at least 4 members (excludes halogenated alkanes) is 3. The third kappa shape index (κ3) is 17.5. The zero-order chi connectivity index (χ0) is 17.4. The van der Waals surface area contributed by atoms with Crippen molar-refractivity contribution in [3.8, 4) is 0 Å². The molecule has 0 fully saturated rings. The van der Waals surface area contributed by atoms with Crippen molar-refractivity contribution in [3.05, 3.63) is 12.2 Å². The number of carboxylic acids is 2. The number of carbonyl (C=O) groups is 2. The normalized spacial score (nSPS) is 11.1. The molecule has 0 radical (unpaired) electrons. The van der Waals surface area contributed by atoms with E-state index in [0.29, 0.717) is 12.2 Å². The van der Waals surface area contributed by atoms with E-state index in [1.165, 1.54) is 38.5 Å². The molecule has 0 aromatic heterocycles. The molecule has 0 aromatic carbocycles. The van der Waals surface area contributed by atoms with Crippen LogP contribution in [0.1, 0.15) is 59.3 Å². The van der Waals surface area contributed by atoms with E-state index in [0.717, 1.165) is 0 Å². The van der Waals surface area contributed by atoms with Gasteiger partial charge in [-0.25, -0.2) is 9.59 Å². The molecular formula is C17H34O4Sn. The van der Waals surface area contributed by atoms with Gasteiger partial charge in [0.05, 0.1) is 0 Å². The molecule has 0 bridgehead atoms. The fourth-order valence-corrected chi connectivity index (χ4v) is 14.8. The standard InChI is InChI=1S/C4H4O4.3C4H9.CH3.Sn/c5-3(6)1-2-4(7)8;3*1-3-4-2;;/h1-2H,(H,5,6)(H,7,8);3*1,3-4H2,2H3;1H3;/b2-1-;;;;;. The van der Waals surface area contributed by atoms with Gasteiger partial charge in [-0.05, 0) is 0 Å². The molecule has 0 spiro atoms. The predicted molar refractivity (Wildman–Crippen MR) is 95.2 cm³/mol. The summed E-state index contributed by atoms with van der Waals surface area (Å²) in [5, 5.41) is 15.6. The molecule has 0 aliphatic rings. The van der Waals surface area contributed by atoms with Crippen LogP contribution in [-0.4, -0.2) is 40.5 Å². The predicted octanol–water partition coefficient (Wildman–Crippen LogP) is 5.18. The van der Waals surface area contributed by atoms with E-state index in [4.69, 9.17) is 10.2 Å². The Hall–Kier alpha value is -0.521. The van der Waals surface area contributed by atoms with Crippen LogP contribution in [0.2, 0.25) is 18.2 Å². The van der Waals surface area contributed by atoms with E-state index in [2.05, 4.69) is 25.7 Å². The average Bonchev–Trinajstić information content (AvgIpc) is 2.48. The van der Waals surface area contributed by atoms with Gasteiger partial charge in [-0.2, -0.15) is 0 Å². The maximum absolute atomic E-state index is 9.55. The molecule has 0 aliphatic carbocycles. The monoisotopic (exact) mass is 422 g/mol. The van der Waals surface area contributed by atoms with Crippen molar-refractivity contribution >= 4 is 30.3 Å². The van der Waals surface area contributed by atoms with Crippen LogP contribution in [0, 0.1) is 0 Å². The number of hydrogen-bond donors (Lipinski definition) is 2. The maximum atomic E-state index is 9.55. The summed E-state index contributed by atoms with van der Waals surface area (Å²) in [4.78, 5) is 21.8. The van der Waals surface area contributed by atoms with Gasteiger partial charge < -0.3 is 10.2 Å². The van der Waals surface area contributed by atoms with Crippen LogP contribution in [0.4, 0.5) is 0 Å². The molecule has 0 atom stereocenters. The summed E-state index contributed by atoms with van der Waals surface area (Å²) in [6.07, 6.45) is 9.88. The zero-order valence-electron chi connectivity index (χ0n) is 14.7. The minimum absolute atomic E-state index is 0.558. The van der Waals surface area contributed by atoms with Gasteiger partial charge in [0.25, 0.3) is 0 Å². The molecule has 0 unspecified atom stereocenters. The summed E-state index contributed by atoms with van der Waals surface area (Å²) < 4.78 is 4.97. The zero-order valence-corrected chi connectivity index (χ0v) is 17.6. The summed E-state index contributed by atoms with van der Waals surface area (Å²) in [7, 11) is 0. The molecule has 0 saturated carbocycles. The van der Waals surface area contributed by atoms with E-state index in [9.17, 15) is 9.59 Å². The molecule has 0 aromatic rings. The van der Waals surface area contributed by atoms with Gasteiger partial charge >= 0.3 is 108 Å². The van der Waals surface area contributed by atoms with Crippen molar-refractivity contribution in [2.24, 2.45) is 0 Å². The Labute approximate surface area is 139 Å². The average molecular weight is 421 g/mol. The fraction of sp³-hybridized carbons (Fsp3) is 0.765. The van der Waals surface area contributed by atoms with E-state index in [1.807, 2.05) is 0 Å². The Morgan fingerprint density at radius 3 is 1.23 bits per heavy atom. The first-order valence-electron chi connectivity index (χ1n) is 8.45. The van der Waals surface area contributed by atoms with Crippen LogP contribution < -0.4 is 0 Å². The smallest absolute Gasteiger partial charge is 0.328 e. The van der Waals surface area contributed by atoms with Gasteiger partial charge in [0.1, 0.15) is 0 Å². The van der Waals surface area contributed by atoms with E-state index >= 15 is 0 Å². The summed E-state index contributed by atoms with van der Waals surface area (Å²) in [5.41, 5.74) is 0. The molecule has 5 heteroatoms. The van der Waals surface area contributed by atoms with E-state index in [-0.39, 0.29) is 0 Å². The van der Waals surface area contributed by atoms with Gasteiger partial charge in [-0.15, -0.1) is 0 Å². The number of rotatable bonds is 11. The molecule has 0 amide bonds. The van der Waals surface area contributed by atoms with Crippen LogP contribution >= 0.6 is 0 Å². The summed E-state index contributed by atoms with van der Waals surface area (Å²) >= 11 is -1.56. The number of aliphatic carboxylic acids is 2.